The molecule has 7 nitrogen and oxygen atoms in total. The lowest BCUT2D eigenvalue weighted by Gasteiger charge is -2.19. The van der Waals surface area contributed by atoms with Crippen molar-refractivity contribution in [3.63, 3.8) is 0 Å². The molecule has 0 spiro atoms. The van der Waals surface area contributed by atoms with Crippen LogP contribution in [0.2, 0.25) is 5.02 Å². The van der Waals surface area contributed by atoms with Crippen molar-refractivity contribution in [1.82, 2.24) is 14.2 Å². The van der Waals surface area contributed by atoms with Crippen LogP contribution in [0.15, 0.2) is 53.4 Å². The summed E-state index contributed by atoms with van der Waals surface area (Å²) in [5, 5.41) is 7.48. The van der Waals surface area contributed by atoms with Crippen LogP contribution in [-0.2, 0) is 15.4 Å². The summed E-state index contributed by atoms with van der Waals surface area (Å²) in [6.07, 6.45) is 0. The van der Waals surface area contributed by atoms with E-state index in [2.05, 4.69) is 36.2 Å². The van der Waals surface area contributed by atoms with E-state index in [-0.39, 0.29) is 22.2 Å². The molecule has 9 heteroatoms. The lowest BCUT2D eigenvalue weighted by molar-refractivity contribution is 0.578. The Labute approximate surface area is 163 Å². The maximum atomic E-state index is 12.9. The van der Waals surface area contributed by atoms with Gasteiger partial charge < -0.3 is 11.1 Å². The molecule has 3 N–H and O–H groups in total. The van der Waals surface area contributed by atoms with Crippen molar-refractivity contribution in [3.8, 4) is 0 Å². The Morgan fingerprint density at radius 3 is 2.19 bits per heavy atom. The summed E-state index contributed by atoms with van der Waals surface area (Å²) in [5.74, 6) is -0.156. The summed E-state index contributed by atoms with van der Waals surface area (Å²) in [6, 6.07) is 13.5. The smallest absolute Gasteiger partial charge is 0.286 e. The minimum atomic E-state index is -3.95. The summed E-state index contributed by atoms with van der Waals surface area (Å²) in [5.41, 5.74) is 7.39. The van der Waals surface area contributed by atoms with Crippen LogP contribution >= 0.6 is 11.6 Å². The predicted octanol–water partition coefficient (Wildman–Crippen LogP) is 3.79. The molecule has 27 heavy (non-hydrogen) atoms. The number of rotatable bonds is 4. The van der Waals surface area contributed by atoms with Crippen LogP contribution in [0.5, 0.6) is 0 Å². The lowest BCUT2D eigenvalue weighted by Crippen LogP contribution is -2.18. The quantitative estimate of drug-likeness (QED) is 0.684. The fourth-order valence-electron chi connectivity index (χ4n) is 2.43. The standard InChI is InChI=1S/C18H20ClN5O2S/c1-18(2,3)12-4-10-15(11-5-12)27(25,26)24-16(20)22-17(23-24)21-14-8-6-13(19)7-9-14/h4-11H,1-3H3,(H3,20,21,22,23). The number of hydrogen-bond acceptors (Lipinski definition) is 6. The molecule has 3 aromatic rings. The summed E-state index contributed by atoms with van der Waals surface area (Å²) < 4.78 is 26.4. The van der Waals surface area contributed by atoms with E-state index in [0.717, 1.165) is 9.65 Å². The molecule has 1 aromatic heterocycles. The molecule has 3 rings (SSSR count). The average molecular weight is 406 g/mol. The topological polar surface area (TPSA) is 103 Å². The van der Waals surface area contributed by atoms with E-state index < -0.39 is 10.0 Å². The van der Waals surface area contributed by atoms with Gasteiger partial charge in [0.1, 0.15) is 0 Å². The Morgan fingerprint density at radius 2 is 1.63 bits per heavy atom. The van der Waals surface area contributed by atoms with Crippen LogP contribution in [0, 0.1) is 0 Å². The molecule has 0 aliphatic rings. The number of nitrogen functional groups attached to an aromatic ring is 1. The number of nitrogens with one attached hydrogen (secondary N) is 1. The molecule has 0 fully saturated rings. The molecular formula is C18H20ClN5O2S. The third-order valence-electron chi connectivity index (χ3n) is 3.95. The van der Waals surface area contributed by atoms with Crippen molar-refractivity contribution >= 4 is 39.2 Å². The van der Waals surface area contributed by atoms with Crippen LogP contribution in [-0.4, -0.2) is 22.6 Å². The molecule has 0 saturated carbocycles. The van der Waals surface area contributed by atoms with Gasteiger partial charge in [-0.1, -0.05) is 44.5 Å². The summed E-state index contributed by atoms with van der Waals surface area (Å²) in [7, 11) is -3.95. The van der Waals surface area contributed by atoms with E-state index in [1.54, 1.807) is 48.5 Å². The fraction of sp³-hybridized carbons (Fsp3) is 0.222. The number of anilines is 3. The highest BCUT2D eigenvalue weighted by atomic mass is 35.5. The van der Waals surface area contributed by atoms with Gasteiger partial charge in [-0.05, 0) is 47.4 Å². The molecule has 0 radical (unpaired) electrons. The Hall–Kier alpha value is -2.58. The zero-order valence-corrected chi connectivity index (χ0v) is 16.7. The highest BCUT2D eigenvalue weighted by Crippen LogP contribution is 2.25. The third-order valence-corrected chi connectivity index (χ3v) is 5.79. The van der Waals surface area contributed by atoms with Crippen LogP contribution in [0.1, 0.15) is 26.3 Å². The van der Waals surface area contributed by atoms with Crippen molar-refractivity contribution in [1.29, 1.82) is 0 Å². The van der Waals surface area contributed by atoms with Crippen molar-refractivity contribution < 1.29 is 8.42 Å². The van der Waals surface area contributed by atoms with Gasteiger partial charge in [0.2, 0.25) is 11.9 Å². The van der Waals surface area contributed by atoms with Gasteiger partial charge in [-0.3, -0.25) is 0 Å². The van der Waals surface area contributed by atoms with Gasteiger partial charge in [-0.25, -0.2) is 0 Å². The van der Waals surface area contributed by atoms with Crippen LogP contribution in [0.4, 0.5) is 17.6 Å². The Balaban J connectivity index is 1.91. The number of nitrogens with two attached hydrogens (primary N) is 1. The van der Waals surface area contributed by atoms with Gasteiger partial charge in [-0.15, -0.1) is 9.19 Å². The third kappa shape index (κ3) is 4.06. The Morgan fingerprint density at radius 1 is 1.04 bits per heavy atom. The second-order valence-electron chi connectivity index (χ2n) is 7.05. The minimum absolute atomic E-state index is 0.0738. The first-order valence-electron chi connectivity index (χ1n) is 8.18. The Bertz CT molecular complexity index is 1050. The monoisotopic (exact) mass is 405 g/mol. The number of hydrogen-bond donors (Lipinski definition) is 2. The average Bonchev–Trinajstić information content (AvgIpc) is 2.97. The second kappa shape index (κ2) is 6.86. The highest BCUT2D eigenvalue weighted by Gasteiger charge is 2.24. The molecule has 0 saturated heterocycles. The minimum Gasteiger partial charge on any atom is -0.367 e. The van der Waals surface area contributed by atoms with Crippen LogP contribution in [0.25, 0.3) is 0 Å². The molecule has 142 valence electrons. The molecule has 1 heterocycles. The normalized spacial score (nSPS) is 12.1. The van der Waals surface area contributed by atoms with Gasteiger partial charge in [0.15, 0.2) is 0 Å². The Kier molecular flexibility index (Phi) is 4.88. The first-order valence-corrected chi connectivity index (χ1v) is 10.0. The maximum absolute atomic E-state index is 12.9. The SMILES string of the molecule is CC(C)(C)c1ccc(S(=O)(=O)n2nc(Nc3ccc(Cl)cc3)nc2N)cc1. The first kappa shape index (κ1) is 19.2. The van der Waals surface area contributed by atoms with Gasteiger partial charge in [0.25, 0.3) is 10.0 Å². The van der Waals surface area contributed by atoms with Gasteiger partial charge >= 0.3 is 0 Å². The molecule has 0 unspecified atom stereocenters. The van der Waals surface area contributed by atoms with E-state index in [1.807, 2.05) is 0 Å². The van der Waals surface area contributed by atoms with E-state index in [9.17, 15) is 8.42 Å². The maximum Gasteiger partial charge on any atom is 0.286 e. The number of aromatic nitrogens is 3. The number of halogens is 1. The van der Waals surface area contributed by atoms with E-state index in [1.165, 1.54) is 0 Å². The van der Waals surface area contributed by atoms with E-state index in [0.29, 0.717) is 10.7 Å². The molecule has 0 aliphatic carbocycles. The molecule has 2 aromatic carbocycles. The van der Waals surface area contributed by atoms with Crippen molar-refractivity contribution in [2.24, 2.45) is 0 Å². The fourth-order valence-corrected chi connectivity index (χ4v) is 3.71. The lowest BCUT2D eigenvalue weighted by atomic mass is 9.87. The second-order valence-corrected chi connectivity index (χ2v) is 9.25. The van der Waals surface area contributed by atoms with Crippen molar-refractivity contribution in [2.75, 3.05) is 11.1 Å². The summed E-state index contributed by atoms with van der Waals surface area (Å²) in [4.78, 5) is 4.07. The zero-order valence-electron chi connectivity index (χ0n) is 15.1. The van der Waals surface area contributed by atoms with Gasteiger partial charge in [0, 0.05) is 10.7 Å². The molecular weight excluding hydrogens is 386 g/mol. The van der Waals surface area contributed by atoms with Gasteiger partial charge in [-0.2, -0.15) is 13.4 Å². The van der Waals surface area contributed by atoms with E-state index >= 15 is 0 Å². The van der Waals surface area contributed by atoms with Crippen LogP contribution < -0.4 is 11.1 Å². The van der Waals surface area contributed by atoms with Crippen molar-refractivity contribution in [2.45, 2.75) is 31.1 Å². The molecule has 0 atom stereocenters. The zero-order chi connectivity index (χ0) is 19.8. The number of benzene rings is 2. The molecule has 0 amide bonds. The van der Waals surface area contributed by atoms with Gasteiger partial charge in [0.05, 0.1) is 4.90 Å². The van der Waals surface area contributed by atoms with Crippen molar-refractivity contribution in [3.05, 3.63) is 59.1 Å². The summed E-state index contributed by atoms with van der Waals surface area (Å²) in [6.45, 7) is 6.17. The first-order chi connectivity index (χ1) is 12.6. The van der Waals surface area contributed by atoms with Crippen LogP contribution in [0.3, 0.4) is 0 Å². The molecule has 0 bridgehead atoms. The largest absolute Gasteiger partial charge is 0.367 e. The molecule has 0 aliphatic heterocycles. The summed E-state index contributed by atoms with van der Waals surface area (Å²) >= 11 is 5.85. The number of nitrogens with zero attached hydrogens (tertiary/aromatic N) is 3. The highest BCUT2D eigenvalue weighted by molar-refractivity contribution is 7.90. The predicted molar refractivity (Wildman–Crippen MR) is 107 cm³/mol. The van der Waals surface area contributed by atoms with E-state index in [4.69, 9.17) is 17.3 Å².